The van der Waals surface area contributed by atoms with Crippen molar-refractivity contribution in [1.82, 2.24) is 0 Å². The molecule has 0 spiro atoms. The first-order chi connectivity index (χ1) is 17.5. The third kappa shape index (κ3) is 3.96. The Balaban J connectivity index is 1.52. The predicted molar refractivity (Wildman–Crippen MR) is 151 cm³/mol. The van der Waals surface area contributed by atoms with Gasteiger partial charge in [0.25, 0.3) is 0 Å². The molecule has 0 saturated heterocycles. The summed E-state index contributed by atoms with van der Waals surface area (Å²) in [6.07, 6.45) is 14.4. The minimum absolute atomic E-state index is 0.00988. The number of carbonyl (C=O) groups is 2. The molecule has 8 atom stereocenters. The predicted octanol–water partition coefficient (Wildman–Crippen LogP) is 8.28. The summed E-state index contributed by atoms with van der Waals surface area (Å²) in [5.41, 5.74) is 2.79. The van der Waals surface area contributed by atoms with Gasteiger partial charge in [0.05, 0.1) is 6.61 Å². The topological polar surface area (TPSA) is 52.6 Å². The zero-order valence-corrected chi connectivity index (χ0v) is 25.8. The van der Waals surface area contributed by atoms with E-state index in [4.69, 9.17) is 9.47 Å². The molecule has 2 unspecified atom stereocenters. The molecule has 214 valence electrons. The van der Waals surface area contributed by atoms with Crippen molar-refractivity contribution in [3.05, 3.63) is 11.6 Å². The lowest BCUT2D eigenvalue weighted by Gasteiger charge is -2.71. The van der Waals surface area contributed by atoms with Gasteiger partial charge in [-0.1, -0.05) is 60.1 Å². The Bertz CT molecular complexity index is 1020. The number of allylic oxidation sites excluding steroid dienone is 2. The van der Waals surface area contributed by atoms with Gasteiger partial charge in [0.15, 0.2) is 0 Å². The van der Waals surface area contributed by atoms with Gasteiger partial charge in [-0.15, -0.1) is 0 Å². The molecule has 4 heteroatoms. The summed E-state index contributed by atoms with van der Waals surface area (Å²) in [4.78, 5) is 23.8. The van der Waals surface area contributed by atoms with Crippen LogP contribution in [0.15, 0.2) is 11.6 Å². The van der Waals surface area contributed by atoms with Crippen LogP contribution in [0.1, 0.15) is 127 Å². The Morgan fingerprint density at radius 2 is 1.53 bits per heavy atom. The molecule has 0 N–H and O–H groups in total. The van der Waals surface area contributed by atoms with Crippen LogP contribution in [0.25, 0.3) is 0 Å². The standard InChI is InChI=1S/C34H54O4/c1-22(35)37-21-34-18-16-29(3,4)20-25(34)24-10-11-27-31(7)14-13-28(38-23(2)36)30(5,6)26(31)12-15-33(27,9)32(24,8)17-19-34/h10,25-28H,11-21H2,1-9H3/t25?,26-,27+,28-,31-,32+,33+,34?/m0/s1. The number of hydrogen-bond acceptors (Lipinski definition) is 4. The number of rotatable bonds is 3. The number of ether oxygens (including phenoxy) is 2. The van der Waals surface area contributed by atoms with Crippen molar-refractivity contribution >= 4 is 11.9 Å². The average molecular weight is 527 g/mol. The van der Waals surface area contributed by atoms with Crippen LogP contribution in [0.2, 0.25) is 0 Å². The molecule has 4 saturated carbocycles. The van der Waals surface area contributed by atoms with E-state index in [1.807, 2.05) is 0 Å². The van der Waals surface area contributed by atoms with Gasteiger partial charge >= 0.3 is 11.9 Å². The maximum atomic E-state index is 11.9. The van der Waals surface area contributed by atoms with Crippen LogP contribution in [0.4, 0.5) is 0 Å². The summed E-state index contributed by atoms with van der Waals surface area (Å²) in [5, 5.41) is 0. The quantitative estimate of drug-likeness (QED) is 0.274. The Hall–Kier alpha value is -1.32. The normalized spacial score (nSPS) is 46.8. The largest absolute Gasteiger partial charge is 0.465 e. The van der Waals surface area contributed by atoms with Gasteiger partial charge in [-0.3, -0.25) is 9.59 Å². The summed E-state index contributed by atoms with van der Waals surface area (Å²) >= 11 is 0. The minimum Gasteiger partial charge on any atom is -0.465 e. The molecule has 5 aliphatic rings. The fourth-order valence-electron chi connectivity index (χ4n) is 11.2. The molecule has 0 aromatic carbocycles. The van der Waals surface area contributed by atoms with Crippen molar-refractivity contribution in [1.29, 1.82) is 0 Å². The molecular formula is C34H54O4. The molecule has 0 aromatic heterocycles. The van der Waals surface area contributed by atoms with E-state index in [0.29, 0.717) is 29.8 Å². The van der Waals surface area contributed by atoms with Gasteiger partial charge < -0.3 is 9.47 Å². The van der Waals surface area contributed by atoms with Gasteiger partial charge in [0.2, 0.25) is 0 Å². The second-order valence-corrected chi connectivity index (χ2v) is 16.3. The Labute approximate surface area is 232 Å². The fourth-order valence-corrected chi connectivity index (χ4v) is 11.2. The van der Waals surface area contributed by atoms with Crippen molar-refractivity contribution in [2.75, 3.05) is 6.61 Å². The molecule has 0 heterocycles. The molecule has 38 heavy (non-hydrogen) atoms. The van der Waals surface area contributed by atoms with E-state index in [-0.39, 0.29) is 45.1 Å². The Kier molecular flexibility index (Phi) is 6.56. The van der Waals surface area contributed by atoms with Gasteiger partial charge in [0, 0.05) is 24.7 Å². The number of carbonyl (C=O) groups excluding carboxylic acids is 2. The summed E-state index contributed by atoms with van der Waals surface area (Å²) in [5.74, 6) is 1.42. The molecule has 0 aliphatic heterocycles. The van der Waals surface area contributed by atoms with E-state index >= 15 is 0 Å². The maximum Gasteiger partial charge on any atom is 0.302 e. The average Bonchev–Trinajstić information content (AvgIpc) is 2.80. The van der Waals surface area contributed by atoms with Crippen LogP contribution in [-0.4, -0.2) is 24.6 Å². The molecule has 5 aliphatic carbocycles. The van der Waals surface area contributed by atoms with E-state index in [1.165, 1.54) is 32.1 Å². The zero-order valence-electron chi connectivity index (χ0n) is 25.8. The first-order valence-electron chi connectivity index (χ1n) is 15.5. The summed E-state index contributed by atoms with van der Waals surface area (Å²) in [7, 11) is 0. The molecule has 0 radical (unpaired) electrons. The highest BCUT2D eigenvalue weighted by atomic mass is 16.5. The van der Waals surface area contributed by atoms with Gasteiger partial charge in [-0.05, 0) is 104 Å². The highest BCUT2D eigenvalue weighted by Crippen LogP contribution is 2.75. The lowest BCUT2D eigenvalue weighted by atomic mass is 9.33. The number of hydrogen-bond donors (Lipinski definition) is 0. The highest BCUT2D eigenvalue weighted by Gasteiger charge is 2.68. The Morgan fingerprint density at radius 1 is 0.842 bits per heavy atom. The summed E-state index contributed by atoms with van der Waals surface area (Å²) in [6, 6.07) is 0. The SMILES string of the molecule is CC(=O)OCC12CCC(C)(C)CC1C1=CC[C@@H]3[C@@]4(C)CC[C@H](OC(C)=O)C(C)(C)[C@@H]4CC[C@@]3(C)[C@]1(C)CC2. The molecule has 0 amide bonds. The minimum atomic E-state index is -0.140. The first-order valence-corrected chi connectivity index (χ1v) is 15.5. The fraction of sp³-hybridized carbons (Fsp3) is 0.882. The smallest absolute Gasteiger partial charge is 0.302 e. The summed E-state index contributed by atoms with van der Waals surface area (Å²) < 4.78 is 11.7. The second kappa shape index (κ2) is 8.84. The van der Waals surface area contributed by atoms with Crippen LogP contribution < -0.4 is 0 Å². The Morgan fingerprint density at radius 3 is 2.18 bits per heavy atom. The van der Waals surface area contributed by atoms with E-state index in [0.717, 1.165) is 32.1 Å². The van der Waals surface area contributed by atoms with Crippen LogP contribution >= 0.6 is 0 Å². The molecule has 4 nitrogen and oxygen atoms in total. The molecular weight excluding hydrogens is 472 g/mol. The van der Waals surface area contributed by atoms with Crippen molar-refractivity contribution in [3.63, 3.8) is 0 Å². The third-order valence-corrected chi connectivity index (χ3v) is 13.6. The van der Waals surface area contributed by atoms with E-state index in [1.54, 1.807) is 19.4 Å². The first kappa shape index (κ1) is 28.2. The van der Waals surface area contributed by atoms with Gasteiger partial charge in [-0.2, -0.15) is 0 Å². The molecule has 4 fully saturated rings. The van der Waals surface area contributed by atoms with E-state index in [2.05, 4.69) is 54.5 Å². The van der Waals surface area contributed by atoms with Gasteiger partial charge in [-0.25, -0.2) is 0 Å². The van der Waals surface area contributed by atoms with Crippen molar-refractivity contribution in [2.45, 2.75) is 133 Å². The van der Waals surface area contributed by atoms with Crippen molar-refractivity contribution in [3.8, 4) is 0 Å². The van der Waals surface area contributed by atoms with Crippen LogP contribution in [0.5, 0.6) is 0 Å². The number of esters is 2. The second-order valence-electron chi connectivity index (χ2n) is 16.3. The zero-order chi connectivity index (χ0) is 27.9. The summed E-state index contributed by atoms with van der Waals surface area (Å²) in [6.45, 7) is 21.2. The molecule has 5 rings (SSSR count). The van der Waals surface area contributed by atoms with Crippen LogP contribution in [-0.2, 0) is 19.1 Å². The monoisotopic (exact) mass is 526 g/mol. The highest BCUT2D eigenvalue weighted by molar-refractivity contribution is 5.66. The third-order valence-electron chi connectivity index (χ3n) is 13.6. The number of fused-ring (bicyclic) bond motifs is 7. The van der Waals surface area contributed by atoms with Crippen LogP contribution in [0, 0.1) is 50.2 Å². The lowest BCUT2D eigenvalue weighted by molar-refractivity contribution is -0.213. The maximum absolute atomic E-state index is 11.9. The van der Waals surface area contributed by atoms with Crippen LogP contribution in [0.3, 0.4) is 0 Å². The molecule has 0 bridgehead atoms. The van der Waals surface area contributed by atoms with E-state index in [9.17, 15) is 9.59 Å². The van der Waals surface area contributed by atoms with Gasteiger partial charge in [0.1, 0.15) is 6.10 Å². The lowest BCUT2D eigenvalue weighted by Crippen LogP contribution is -2.65. The molecule has 0 aromatic rings. The van der Waals surface area contributed by atoms with Crippen molar-refractivity contribution < 1.29 is 19.1 Å². The van der Waals surface area contributed by atoms with E-state index < -0.39 is 0 Å². The van der Waals surface area contributed by atoms with Crippen molar-refractivity contribution in [2.24, 2.45) is 50.2 Å².